The molecule has 7 nitrogen and oxygen atoms in total. The predicted molar refractivity (Wildman–Crippen MR) is 101 cm³/mol. The largest absolute Gasteiger partial charge is 0.352 e. The average molecular weight is 363 g/mol. The van der Waals surface area contributed by atoms with Crippen molar-refractivity contribution in [1.29, 1.82) is 0 Å². The summed E-state index contributed by atoms with van der Waals surface area (Å²) in [6, 6.07) is 11.2. The standard InChI is InChI=1S/C20H21N5O2/c1-15(26)23-12-17-13-25(14-24-17)19-5-3-2-4-18(19)20(27)22-11-8-16-6-9-21-10-7-16/h2-7,9-10,13-14H,8,11-12H2,1H3,(H,22,27)(H,23,26). The zero-order valence-electron chi connectivity index (χ0n) is 15.1. The van der Waals surface area contributed by atoms with Crippen LogP contribution in [-0.2, 0) is 17.8 Å². The van der Waals surface area contributed by atoms with Gasteiger partial charge in [-0.2, -0.15) is 0 Å². The van der Waals surface area contributed by atoms with Crippen LogP contribution in [0.4, 0.5) is 0 Å². The van der Waals surface area contributed by atoms with Gasteiger partial charge in [0.25, 0.3) is 5.91 Å². The van der Waals surface area contributed by atoms with Crippen LogP contribution in [0.15, 0.2) is 61.3 Å². The van der Waals surface area contributed by atoms with Gasteiger partial charge in [-0.3, -0.25) is 14.6 Å². The highest BCUT2D eigenvalue weighted by Gasteiger charge is 2.12. The molecule has 0 spiro atoms. The maximum Gasteiger partial charge on any atom is 0.253 e. The molecule has 2 amide bonds. The van der Waals surface area contributed by atoms with Gasteiger partial charge in [0.1, 0.15) is 0 Å². The summed E-state index contributed by atoms with van der Waals surface area (Å²) in [4.78, 5) is 31.9. The Balaban J connectivity index is 1.68. The molecule has 0 saturated carbocycles. The Bertz CT molecular complexity index is 921. The summed E-state index contributed by atoms with van der Waals surface area (Å²) in [5, 5.41) is 5.66. The molecule has 0 aliphatic carbocycles. The molecule has 138 valence electrons. The Kier molecular flexibility index (Phi) is 5.94. The molecule has 3 rings (SSSR count). The molecule has 2 N–H and O–H groups in total. The van der Waals surface area contributed by atoms with Crippen LogP contribution in [0, 0.1) is 0 Å². The van der Waals surface area contributed by atoms with E-state index >= 15 is 0 Å². The lowest BCUT2D eigenvalue weighted by Gasteiger charge is -2.10. The van der Waals surface area contributed by atoms with Crippen LogP contribution in [0.3, 0.4) is 0 Å². The Morgan fingerprint density at radius 1 is 1.07 bits per heavy atom. The molecule has 0 radical (unpaired) electrons. The van der Waals surface area contributed by atoms with Crippen molar-refractivity contribution in [3.8, 4) is 5.69 Å². The SMILES string of the molecule is CC(=O)NCc1cn(-c2ccccc2C(=O)NCCc2ccncc2)cn1. The molecule has 27 heavy (non-hydrogen) atoms. The number of nitrogens with one attached hydrogen (secondary N) is 2. The van der Waals surface area contributed by atoms with Crippen LogP contribution in [-0.4, -0.2) is 32.9 Å². The minimum atomic E-state index is -0.142. The van der Waals surface area contributed by atoms with E-state index in [-0.39, 0.29) is 11.8 Å². The lowest BCUT2D eigenvalue weighted by Crippen LogP contribution is -2.26. The number of imidazole rings is 1. The molecule has 2 heterocycles. The Hall–Kier alpha value is -3.48. The Morgan fingerprint density at radius 2 is 1.85 bits per heavy atom. The minimum Gasteiger partial charge on any atom is -0.352 e. The molecule has 0 aliphatic heterocycles. The van der Waals surface area contributed by atoms with Gasteiger partial charge in [0.15, 0.2) is 0 Å². The van der Waals surface area contributed by atoms with E-state index in [4.69, 9.17) is 0 Å². The Labute approximate surface area is 157 Å². The van der Waals surface area contributed by atoms with Gasteiger partial charge in [-0.25, -0.2) is 4.98 Å². The van der Waals surface area contributed by atoms with E-state index in [0.29, 0.717) is 18.7 Å². The summed E-state index contributed by atoms with van der Waals surface area (Å²) in [5.41, 5.74) is 3.14. The van der Waals surface area contributed by atoms with Crippen LogP contribution in [0.1, 0.15) is 28.5 Å². The average Bonchev–Trinajstić information content (AvgIpc) is 3.16. The number of nitrogens with zero attached hydrogens (tertiary/aromatic N) is 3. The number of para-hydroxylation sites is 1. The Morgan fingerprint density at radius 3 is 2.63 bits per heavy atom. The second-order valence-electron chi connectivity index (χ2n) is 6.06. The summed E-state index contributed by atoms with van der Waals surface area (Å²) in [7, 11) is 0. The smallest absolute Gasteiger partial charge is 0.253 e. The highest BCUT2D eigenvalue weighted by molar-refractivity contribution is 5.97. The molecule has 7 heteroatoms. The lowest BCUT2D eigenvalue weighted by atomic mass is 10.1. The quantitative estimate of drug-likeness (QED) is 0.671. The molecule has 0 bridgehead atoms. The van der Waals surface area contributed by atoms with E-state index in [0.717, 1.165) is 23.4 Å². The second kappa shape index (κ2) is 8.75. The van der Waals surface area contributed by atoms with E-state index in [1.807, 2.05) is 30.3 Å². The maximum absolute atomic E-state index is 12.6. The molecule has 0 atom stereocenters. The number of benzene rings is 1. The zero-order chi connectivity index (χ0) is 19.1. The van der Waals surface area contributed by atoms with Gasteiger partial charge in [0, 0.05) is 32.1 Å². The third kappa shape index (κ3) is 5.01. The van der Waals surface area contributed by atoms with Crippen LogP contribution in [0.5, 0.6) is 0 Å². The number of carbonyl (C=O) groups excluding carboxylic acids is 2. The highest BCUT2D eigenvalue weighted by atomic mass is 16.2. The van der Waals surface area contributed by atoms with Crippen LogP contribution in [0.2, 0.25) is 0 Å². The number of hydrogen-bond donors (Lipinski definition) is 2. The fraction of sp³-hybridized carbons (Fsp3) is 0.200. The first-order chi connectivity index (χ1) is 13.1. The monoisotopic (exact) mass is 363 g/mol. The number of hydrogen-bond acceptors (Lipinski definition) is 4. The molecule has 2 aromatic heterocycles. The van der Waals surface area contributed by atoms with Crippen molar-refractivity contribution in [1.82, 2.24) is 25.2 Å². The van der Waals surface area contributed by atoms with Gasteiger partial charge < -0.3 is 15.2 Å². The lowest BCUT2D eigenvalue weighted by molar-refractivity contribution is -0.119. The van der Waals surface area contributed by atoms with Crippen molar-refractivity contribution in [2.75, 3.05) is 6.54 Å². The van der Waals surface area contributed by atoms with Crippen LogP contribution >= 0.6 is 0 Å². The molecule has 1 aromatic carbocycles. The predicted octanol–water partition coefficient (Wildman–Crippen LogP) is 1.88. The summed E-state index contributed by atoms with van der Waals surface area (Å²) in [5.74, 6) is -0.254. The van der Waals surface area contributed by atoms with Crippen molar-refractivity contribution in [2.24, 2.45) is 0 Å². The van der Waals surface area contributed by atoms with Crippen molar-refractivity contribution >= 4 is 11.8 Å². The summed E-state index contributed by atoms with van der Waals surface area (Å²) in [6.07, 6.45) is 7.66. The number of aromatic nitrogens is 3. The molecule has 3 aromatic rings. The van der Waals surface area contributed by atoms with Gasteiger partial charge >= 0.3 is 0 Å². The number of pyridine rings is 1. The molecule has 0 fully saturated rings. The zero-order valence-corrected chi connectivity index (χ0v) is 15.1. The van der Waals surface area contributed by atoms with Crippen molar-refractivity contribution in [3.63, 3.8) is 0 Å². The van der Waals surface area contributed by atoms with Crippen molar-refractivity contribution < 1.29 is 9.59 Å². The van der Waals surface area contributed by atoms with E-state index in [1.54, 1.807) is 35.6 Å². The third-order valence-corrected chi connectivity index (χ3v) is 4.03. The topological polar surface area (TPSA) is 88.9 Å². The van der Waals surface area contributed by atoms with E-state index in [1.165, 1.54) is 6.92 Å². The second-order valence-corrected chi connectivity index (χ2v) is 6.06. The summed E-state index contributed by atoms with van der Waals surface area (Å²) in [6.45, 7) is 2.35. The number of carbonyl (C=O) groups is 2. The van der Waals surface area contributed by atoms with Gasteiger partial charge in [-0.05, 0) is 36.2 Å². The fourth-order valence-corrected chi connectivity index (χ4v) is 2.66. The van der Waals surface area contributed by atoms with Crippen LogP contribution in [0.25, 0.3) is 5.69 Å². The van der Waals surface area contributed by atoms with Crippen molar-refractivity contribution in [3.05, 3.63) is 78.1 Å². The van der Waals surface area contributed by atoms with Gasteiger partial charge in [0.2, 0.25) is 5.91 Å². The fourth-order valence-electron chi connectivity index (χ4n) is 2.66. The van der Waals surface area contributed by atoms with Gasteiger partial charge in [-0.1, -0.05) is 12.1 Å². The van der Waals surface area contributed by atoms with Gasteiger partial charge in [-0.15, -0.1) is 0 Å². The first-order valence-corrected chi connectivity index (χ1v) is 8.67. The molecular formula is C20H21N5O2. The normalized spacial score (nSPS) is 10.4. The minimum absolute atomic E-state index is 0.112. The molecular weight excluding hydrogens is 342 g/mol. The van der Waals surface area contributed by atoms with Crippen LogP contribution < -0.4 is 10.6 Å². The van der Waals surface area contributed by atoms with E-state index < -0.39 is 0 Å². The molecule has 0 aliphatic rings. The van der Waals surface area contributed by atoms with E-state index in [9.17, 15) is 9.59 Å². The highest BCUT2D eigenvalue weighted by Crippen LogP contribution is 2.15. The maximum atomic E-state index is 12.6. The number of amides is 2. The summed E-state index contributed by atoms with van der Waals surface area (Å²) >= 11 is 0. The first-order valence-electron chi connectivity index (χ1n) is 8.67. The molecule has 0 saturated heterocycles. The third-order valence-electron chi connectivity index (χ3n) is 4.03. The molecule has 0 unspecified atom stereocenters. The summed E-state index contributed by atoms with van der Waals surface area (Å²) < 4.78 is 1.79. The number of rotatable bonds is 7. The van der Waals surface area contributed by atoms with Crippen molar-refractivity contribution in [2.45, 2.75) is 19.9 Å². The first kappa shape index (κ1) is 18.3. The van der Waals surface area contributed by atoms with E-state index in [2.05, 4.69) is 20.6 Å². The van der Waals surface area contributed by atoms with Gasteiger partial charge in [0.05, 0.1) is 29.8 Å².